The lowest BCUT2D eigenvalue weighted by Gasteiger charge is -1.98. The van der Waals surface area contributed by atoms with Gasteiger partial charge in [0, 0.05) is 10.9 Å². The van der Waals surface area contributed by atoms with Crippen molar-refractivity contribution in [1.82, 2.24) is 4.98 Å². The first-order valence-corrected chi connectivity index (χ1v) is 5.43. The van der Waals surface area contributed by atoms with Crippen LogP contribution in [0.5, 0.6) is 0 Å². The van der Waals surface area contributed by atoms with Crippen molar-refractivity contribution in [3.8, 4) is 0 Å². The normalized spacial score (nSPS) is 10.5. The number of Topliss-reactive ketones (excluding diaryl/α,β-unsaturated/α-hetero) is 1. The molecule has 88 valence electrons. The summed E-state index contributed by atoms with van der Waals surface area (Å²) in [6, 6.07) is 7.07. The summed E-state index contributed by atoms with van der Waals surface area (Å²) in [6.45, 7) is 3.58. The molecule has 0 atom stereocenters. The summed E-state index contributed by atoms with van der Waals surface area (Å²) in [5.74, 6) is -0.439. The highest BCUT2D eigenvalue weighted by Gasteiger charge is 2.13. The molecule has 17 heavy (non-hydrogen) atoms. The number of carbonyl (C=O) groups excluding carboxylic acids is 2. The van der Waals surface area contributed by atoms with E-state index in [4.69, 9.17) is 4.74 Å². The number of fused-ring (bicyclic) bond motifs is 1. The van der Waals surface area contributed by atoms with Crippen LogP contribution in [0.15, 0.2) is 24.3 Å². The SMILES string of the molecule is CCOC(=O)c1cc2cccc(C(C)=O)c2[nH]1. The van der Waals surface area contributed by atoms with Gasteiger partial charge in [0.05, 0.1) is 12.1 Å². The summed E-state index contributed by atoms with van der Waals surface area (Å²) in [5.41, 5.74) is 1.64. The summed E-state index contributed by atoms with van der Waals surface area (Å²) < 4.78 is 4.90. The van der Waals surface area contributed by atoms with Crippen molar-refractivity contribution in [2.45, 2.75) is 13.8 Å². The number of hydrogen-bond donors (Lipinski definition) is 1. The Morgan fingerprint density at radius 1 is 1.35 bits per heavy atom. The van der Waals surface area contributed by atoms with Gasteiger partial charge in [-0.3, -0.25) is 4.79 Å². The quantitative estimate of drug-likeness (QED) is 0.652. The number of H-pyrrole nitrogens is 1. The maximum Gasteiger partial charge on any atom is 0.354 e. The van der Waals surface area contributed by atoms with E-state index in [0.29, 0.717) is 23.4 Å². The molecule has 1 aromatic heterocycles. The second-order valence-electron chi connectivity index (χ2n) is 3.73. The molecule has 0 saturated heterocycles. The smallest absolute Gasteiger partial charge is 0.354 e. The van der Waals surface area contributed by atoms with Crippen LogP contribution in [0.1, 0.15) is 34.7 Å². The van der Waals surface area contributed by atoms with Crippen molar-refractivity contribution >= 4 is 22.7 Å². The fourth-order valence-electron chi connectivity index (χ4n) is 1.77. The first-order chi connectivity index (χ1) is 8.13. The number of ketones is 1. The summed E-state index contributed by atoms with van der Waals surface area (Å²) in [5, 5.41) is 0.834. The highest BCUT2D eigenvalue weighted by Crippen LogP contribution is 2.20. The van der Waals surface area contributed by atoms with Gasteiger partial charge in [-0.1, -0.05) is 12.1 Å². The average Bonchev–Trinajstić information content (AvgIpc) is 2.72. The predicted molar refractivity (Wildman–Crippen MR) is 64.3 cm³/mol. The van der Waals surface area contributed by atoms with Gasteiger partial charge in [-0.15, -0.1) is 0 Å². The molecule has 2 aromatic rings. The molecule has 0 fully saturated rings. The number of aromatic amines is 1. The monoisotopic (exact) mass is 231 g/mol. The number of aromatic nitrogens is 1. The molecular weight excluding hydrogens is 218 g/mol. The molecule has 0 amide bonds. The molecule has 0 aliphatic heterocycles. The Labute approximate surface area is 98.6 Å². The van der Waals surface area contributed by atoms with E-state index in [1.54, 1.807) is 25.1 Å². The van der Waals surface area contributed by atoms with Gasteiger partial charge >= 0.3 is 5.97 Å². The fourth-order valence-corrected chi connectivity index (χ4v) is 1.77. The summed E-state index contributed by atoms with van der Waals surface area (Å²) in [7, 11) is 0. The number of ether oxygens (including phenoxy) is 1. The third-order valence-electron chi connectivity index (χ3n) is 2.53. The number of carbonyl (C=O) groups is 2. The molecule has 0 spiro atoms. The second-order valence-corrected chi connectivity index (χ2v) is 3.73. The largest absolute Gasteiger partial charge is 0.461 e. The van der Waals surface area contributed by atoms with E-state index in [2.05, 4.69) is 4.98 Å². The minimum absolute atomic E-state index is 0.0344. The van der Waals surface area contributed by atoms with Crippen molar-refractivity contribution in [3.05, 3.63) is 35.5 Å². The Morgan fingerprint density at radius 3 is 2.76 bits per heavy atom. The summed E-state index contributed by atoms with van der Waals surface area (Å²) in [4.78, 5) is 25.9. The van der Waals surface area contributed by atoms with E-state index in [0.717, 1.165) is 5.39 Å². The Morgan fingerprint density at radius 2 is 2.12 bits per heavy atom. The first-order valence-electron chi connectivity index (χ1n) is 5.43. The van der Waals surface area contributed by atoms with Crippen molar-refractivity contribution in [2.75, 3.05) is 6.61 Å². The fraction of sp³-hybridized carbons (Fsp3) is 0.231. The van der Waals surface area contributed by atoms with E-state index in [1.807, 2.05) is 6.07 Å². The van der Waals surface area contributed by atoms with Gasteiger partial charge in [0.15, 0.2) is 5.78 Å². The zero-order chi connectivity index (χ0) is 12.4. The Kier molecular flexibility index (Phi) is 2.95. The van der Waals surface area contributed by atoms with Crippen molar-refractivity contribution in [2.24, 2.45) is 0 Å². The predicted octanol–water partition coefficient (Wildman–Crippen LogP) is 2.55. The summed E-state index contributed by atoms with van der Waals surface area (Å²) >= 11 is 0. The number of rotatable bonds is 3. The standard InChI is InChI=1S/C13H13NO3/c1-3-17-13(16)11-7-9-5-4-6-10(8(2)15)12(9)14-11/h4-7,14H,3H2,1-2H3. The van der Waals surface area contributed by atoms with Crippen molar-refractivity contribution in [1.29, 1.82) is 0 Å². The molecule has 1 heterocycles. The molecule has 0 aliphatic rings. The van der Waals surface area contributed by atoms with Gasteiger partial charge in [-0.2, -0.15) is 0 Å². The lowest BCUT2D eigenvalue weighted by molar-refractivity contribution is 0.0520. The van der Waals surface area contributed by atoms with Crippen LogP contribution in [-0.4, -0.2) is 23.3 Å². The van der Waals surface area contributed by atoms with E-state index in [1.165, 1.54) is 6.92 Å². The second kappa shape index (κ2) is 4.41. The van der Waals surface area contributed by atoms with Crippen LogP contribution < -0.4 is 0 Å². The van der Waals surface area contributed by atoms with Crippen LogP contribution in [0.3, 0.4) is 0 Å². The topological polar surface area (TPSA) is 59.2 Å². The van der Waals surface area contributed by atoms with E-state index < -0.39 is 5.97 Å². The van der Waals surface area contributed by atoms with Gasteiger partial charge in [0.1, 0.15) is 5.69 Å². The van der Waals surface area contributed by atoms with Crippen molar-refractivity contribution in [3.63, 3.8) is 0 Å². The third kappa shape index (κ3) is 2.06. The zero-order valence-electron chi connectivity index (χ0n) is 9.74. The highest BCUT2D eigenvalue weighted by molar-refractivity contribution is 6.07. The lowest BCUT2D eigenvalue weighted by atomic mass is 10.1. The highest BCUT2D eigenvalue weighted by atomic mass is 16.5. The molecule has 0 radical (unpaired) electrons. The molecule has 4 heteroatoms. The number of hydrogen-bond acceptors (Lipinski definition) is 3. The molecule has 1 N–H and O–H groups in total. The molecule has 0 bridgehead atoms. The van der Waals surface area contributed by atoms with E-state index in [9.17, 15) is 9.59 Å². The maximum absolute atomic E-state index is 11.6. The van der Waals surface area contributed by atoms with Gasteiger partial charge in [-0.05, 0) is 26.0 Å². The van der Waals surface area contributed by atoms with Crippen LogP contribution >= 0.6 is 0 Å². The van der Waals surface area contributed by atoms with Crippen LogP contribution in [0.2, 0.25) is 0 Å². The van der Waals surface area contributed by atoms with Crippen LogP contribution in [0.25, 0.3) is 10.9 Å². The number of esters is 1. The summed E-state index contributed by atoms with van der Waals surface area (Å²) in [6.07, 6.45) is 0. The van der Waals surface area contributed by atoms with E-state index in [-0.39, 0.29) is 5.78 Å². The Hall–Kier alpha value is -2.10. The zero-order valence-corrected chi connectivity index (χ0v) is 9.74. The van der Waals surface area contributed by atoms with Gasteiger partial charge in [-0.25, -0.2) is 4.79 Å². The third-order valence-corrected chi connectivity index (χ3v) is 2.53. The molecule has 2 rings (SSSR count). The lowest BCUT2D eigenvalue weighted by Crippen LogP contribution is -2.04. The minimum Gasteiger partial charge on any atom is -0.461 e. The minimum atomic E-state index is -0.404. The van der Waals surface area contributed by atoms with Crippen LogP contribution in [0.4, 0.5) is 0 Å². The first kappa shape index (κ1) is 11.4. The number of para-hydroxylation sites is 1. The van der Waals surface area contributed by atoms with E-state index >= 15 is 0 Å². The van der Waals surface area contributed by atoms with Crippen molar-refractivity contribution < 1.29 is 14.3 Å². The average molecular weight is 231 g/mol. The van der Waals surface area contributed by atoms with Crippen LogP contribution in [0, 0.1) is 0 Å². The molecule has 0 unspecified atom stereocenters. The Bertz CT molecular complexity index is 583. The molecule has 4 nitrogen and oxygen atoms in total. The number of benzene rings is 1. The maximum atomic E-state index is 11.6. The molecular formula is C13H13NO3. The number of nitrogens with one attached hydrogen (secondary N) is 1. The van der Waals surface area contributed by atoms with Gasteiger partial charge in [0.25, 0.3) is 0 Å². The molecule has 0 saturated carbocycles. The molecule has 1 aromatic carbocycles. The van der Waals surface area contributed by atoms with Gasteiger partial charge < -0.3 is 9.72 Å². The molecule has 0 aliphatic carbocycles. The Balaban J connectivity index is 2.54. The van der Waals surface area contributed by atoms with Crippen LogP contribution in [-0.2, 0) is 4.74 Å². The van der Waals surface area contributed by atoms with Gasteiger partial charge in [0.2, 0.25) is 0 Å².